The maximum Gasteiger partial charge on any atom is 0.273 e. The Morgan fingerprint density at radius 2 is 1.87 bits per heavy atom. The Bertz CT molecular complexity index is 819. The number of nitrogens with zero attached hydrogens (tertiary/aromatic N) is 5. The average molecular weight is 418 g/mol. The number of hydrogen-bond acceptors (Lipinski definition) is 5. The number of aromatic nitrogens is 2. The van der Waals surface area contributed by atoms with E-state index in [9.17, 15) is 13.6 Å². The normalized spacial score (nSPS) is 16.2. The Balaban J connectivity index is 2.23. The molecule has 1 aliphatic heterocycles. The van der Waals surface area contributed by atoms with E-state index < -0.39 is 5.92 Å². The number of nitrogens with one attached hydrogen (secondary N) is 1. The summed E-state index contributed by atoms with van der Waals surface area (Å²) in [5, 5.41) is 3.10. The van der Waals surface area contributed by atoms with E-state index in [1.807, 2.05) is 26.0 Å². The highest BCUT2D eigenvalue weighted by molar-refractivity contribution is 6.01. The highest BCUT2D eigenvalue weighted by atomic mass is 19.3. The van der Waals surface area contributed by atoms with Gasteiger partial charge >= 0.3 is 0 Å². The first-order chi connectivity index (χ1) is 14.3. The summed E-state index contributed by atoms with van der Waals surface area (Å²) in [6.07, 6.45) is 9.70. The molecule has 0 unspecified atom stereocenters. The lowest BCUT2D eigenvalue weighted by Gasteiger charge is -2.36. The van der Waals surface area contributed by atoms with Crippen LogP contribution in [0.5, 0.6) is 0 Å². The predicted octanol–water partition coefficient (Wildman–Crippen LogP) is 3.56. The molecule has 0 spiro atoms. The topological polar surface area (TPSA) is 73.7 Å². The van der Waals surface area contributed by atoms with Gasteiger partial charge in [0.1, 0.15) is 0 Å². The van der Waals surface area contributed by atoms with Gasteiger partial charge in [0, 0.05) is 51.7 Å². The lowest BCUT2D eigenvalue weighted by atomic mass is 10.2. The van der Waals surface area contributed by atoms with E-state index in [0.29, 0.717) is 37.7 Å². The Morgan fingerprint density at radius 1 is 1.27 bits per heavy atom. The molecule has 0 aliphatic carbocycles. The number of carbonyl (C=O) groups is 1. The van der Waals surface area contributed by atoms with E-state index in [2.05, 4.69) is 31.8 Å². The van der Waals surface area contributed by atoms with Crippen molar-refractivity contribution in [3.63, 3.8) is 0 Å². The zero-order valence-electron chi connectivity index (χ0n) is 17.6. The lowest BCUT2D eigenvalue weighted by molar-refractivity contribution is -0.127. The fourth-order valence-corrected chi connectivity index (χ4v) is 2.88. The van der Waals surface area contributed by atoms with Crippen molar-refractivity contribution in [3.05, 3.63) is 54.7 Å². The van der Waals surface area contributed by atoms with Gasteiger partial charge in [0.25, 0.3) is 5.92 Å². The number of carbonyl (C=O) groups excluding carboxylic acids is 1. The van der Waals surface area contributed by atoms with Crippen molar-refractivity contribution in [2.24, 2.45) is 4.99 Å². The summed E-state index contributed by atoms with van der Waals surface area (Å²) in [4.78, 5) is 28.3. The van der Waals surface area contributed by atoms with Crippen LogP contribution in [0, 0.1) is 0 Å². The number of amidine groups is 1. The lowest BCUT2D eigenvalue weighted by Crippen LogP contribution is -2.51. The summed E-state index contributed by atoms with van der Waals surface area (Å²) in [7, 11) is 0. The van der Waals surface area contributed by atoms with Crippen molar-refractivity contribution < 1.29 is 13.6 Å². The van der Waals surface area contributed by atoms with E-state index in [-0.39, 0.29) is 17.4 Å². The zero-order valence-corrected chi connectivity index (χ0v) is 17.6. The number of alkyl halides is 2. The van der Waals surface area contributed by atoms with Crippen molar-refractivity contribution in [3.8, 4) is 0 Å². The van der Waals surface area contributed by atoms with Crippen LogP contribution in [0.2, 0.25) is 0 Å². The van der Waals surface area contributed by atoms with Gasteiger partial charge < -0.3 is 15.1 Å². The first-order valence-electron chi connectivity index (χ1n) is 9.83. The second kappa shape index (κ2) is 10.6. The van der Waals surface area contributed by atoms with Crippen molar-refractivity contribution in [2.45, 2.75) is 33.1 Å². The van der Waals surface area contributed by atoms with Crippen LogP contribution < -0.4 is 5.32 Å². The number of amides is 1. The van der Waals surface area contributed by atoms with Crippen LogP contribution in [0.15, 0.2) is 54.1 Å². The molecule has 2 heterocycles. The van der Waals surface area contributed by atoms with Crippen LogP contribution in [0.4, 0.5) is 14.7 Å². The average Bonchev–Trinajstić information content (AvgIpc) is 2.73. The molecule has 1 amide bonds. The molecular formula is C21H28F2N6O. The van der Waals surface area contributed by atoms with Crippen molar-refractivity contribution in [1.29, 1.82) is 0 Å². The smallest absolute Gasteiger partial charge is 0.273 e. The van der Waals surface area contributed by atoms with Crippen LogP contribution in [-0.4, -0.2) is 57.7 Å². The van der Waals surface area contributed by atoms with Crippen molar-refractivity contribution >= 4 is 17.7 Å². The summed E-state index contributed by atoms with van der Waals surface area (Å²) in [5.74, 6) is -2.21. The quantitative estimate of drug-likeness (QED) is 0.416. The first-order valence-corrected chi connectivity index (χ1v) is 9.83. The molecule has 162 valence electrons. The summed E-state index contributed by atoms with van der Waals surface area (Å²) in [5.41, 5.74) is 0.426. The molecule has 1 fully saturated rings. The number of rotatable bonds is 7. The van der Waals surface area contributed by atoms with Gasteiger partial charge in [-0.15, -0.1) is 0 Å². The summed E-state index contributed by atoms with van der Waals surface area (Å²) < 4.78 is 26.8. The number of piperazine rings is 1. The number of halogens is 2. The van der Waals surface area contributed by atoms with E-state index in [4.69, 9.17) is 0 Å². The monoisotopic (exact) mass is 418 g/mol. The molecule has 0 atom stereocenters. The van der Waals surface area contributed by atoms with E-state index in [1.165, 1.54) is 6.08 Å². The van der Waals surface area contributed by atoms with Gasteiger partial charge in [0.2, 0.25) is 11.9 Å². The van der Waals surface area contributed by atoms with E-state index in [0.717, 1.165) is 25.7 Å². The Morgan fingerprint density at radius 3 is 2.37 bits per heavy atom. The second-order valence-corrected chi connectivity index (χ2v) is 6.79. The zero-order chi connectivity index (χ0) is 22.1. The molecule has 0 radical (unpaired) electrons. The third-order valence-electron chi connectivity index (χ3n) is 4.47. The molecule has 9 heteroatoms. The molecule has 30 heavy (non-hydrogen) atoms. The molecule has 0 aromatic carbocycles. The number of hydrogen-bond donors (Lipinski definition) is 1. The SMILES string of the molecule is C=CC(=O)N1CCN(C(=N/C=C\C)/C(=C/CC)Nc2ncc(C(C)(F)F)cn2)CC1. The molecule has 7 nitrogen and oxygen atoms in total. The van der Waals surface area contributed by atoms with Crippen molar-refractivity contribution in [2.75, 3.05) is 31.5 Å². The molecule has 2 rings (SSSR count). The van der Waals surface area contributed by atoms with Gasteiger partial charge in [-0.3, -0.25) is 4.79 Å². The Labute approximate surface area is 175 Å². The fraction of sp³-hybridized carbons (Fsp3) is 0.429. The third-order valence-corrected chi connectivity index (χ3v) is 4.47. The van der Waals surface area contributed by atoms with E-state index >= 15 is 0 Å². The van der Waals surface area contributed by atoms with Crippen LogP contribution >= 0.6 is 0 Å². The highest BCUT2D eigenvalue weighted by Gasteiger charge is 2.26. The van der Waals surface area contributed by atoms with Gasteiger partial charge in [0.15, 0.2) is 5.84 Å². The van der Waals surface area contributed by atoms with Gasteiger partial charge in [-0.05, 0) is 19.4 Å². The van der Waals surface area contributed by atoms with Crippen LogP contribution in [0.1, 0.15) is 32.8 Å². The Kier molecular flexibility index (Phi) is 8.20. The molecule has 1 aliphatic rings. The van der Waals surface area contributed by atoms with Gasteiger partial charge in [-0.1, -0.05) is 25.7 Å². The van der Waals surface area contributed by atoms with Crippen LogP contribution in [-0.2, 0) is 10.7 Å². The summed E-state index contributed by atoms with van der Waals surface area (Å²) >= 11 is 0. The largest absolute Gasteiger partial charge is 0.351 e. The third kappa shape index (κ3) is 6.20. The number of aliphatic imine (C=N–C) groups is 1. The number of allylic oxidation sites excluding steroid dienone is 2. The van der Waals surface area contributed by atoms with Crippen LogP contribution in [0.25, 0.3) is 0 Å². The van der Waals surface area contributed by atoms with Gasteiger partial charge in [0.05, 0.1) is 11.3 Å². The van der Waals surface area contributed by atoms with Gasteiger partial charge in [-0.25, -0.2) is 23.7 Å². The minimum atomic E-state index is -3.00. The molecule has 0 bridgehead atoms. The van der Waals surface area contributed by atoms with Gasteiger partial charge in [-0.2, -0.15) is 0 Å². The van der Waals surface area contributed by atoms with E-state index in [1.54, 1.807) is 11.1 Å². The van der Waals surface area contributed by atoms with Crippen molar-refractivity contribution in [1.82, 2.24) is 19.8 Å². The molecule has 1 aromatic rings. The summed E-state index contributed by atoms with van der Waals surface area (Å²) in [6.45, 7) is 10.5. The summed E-state index contributed by atoms with van der Waals surface area (Å²) in [6, 6.07) is 0. The fourth-order valence-electron chi connectivity index (χ4n) is 2.88. The molecule has 1 N–H and O–H groups in total. The standard InChI is InChI=1S/C21H28F2N6O/c1-5-8-17(27-20-25-14-16(15-26-20)21(4,22)23)19(24-9-6-2)29-12-10-28(11-13-29)18(30)7-3/h6-9,14-15H,3,5,10-13H2,1-2,4H3,(H,25,26,27)/b9-6-,17-8-,24-19+. The molecular weight excluding hydrogens is 390 g/mol. The minimum Gasteiger partial charge on any atom is -0.351 e. The predicted molar refractivity (Wildman–Crippen MR) is 114 cm³/mol. The maximum atomic E-state index is 13.4. The Hall–Kier alpha value is -3.10. The highest BCUT2D eigenvalue weighted by Crippen LogP contribution is 2.25. The first kappa shape index (κ1) is 23.2. The molecule has 1 saturated heterocycles. The molecule has 1 aromatic heterocycles. The minimum absolute atomic E-state index is 0.0924. The second-order valence-electron chi connectivity index (χ2n) is 6.79. The van der Waals surface area contributed by atoms with Crippen LogP contribution in [0.3, 0.4) is 0 Å². The molecule has 0 saturated carbocycles. The number of anilines is 1. The maximum absolute atomic E-state index is 13.4.